The van der Waals surface area contributed by atoms with E-state index in [1.54, 1.807) is 10.4 Å². The number of esters is 1. The first-order valence-electron chi connectivity index (χ1n) is 9.17. The Morgan fingerprint density at radius 1 is 1.41 bits per heavy atom. The second kappa shape index (κ2) is 8.17. The molecule has 3 N–H and O–H groups in total. The van der Waals surface area contributed by atoms with Crippen LogP contribution >= 0.6 is 10.8 Å². The van der Waals surface area contributed by atoms with Crippen LogP contribution in [-0.2, 0) is 9.53 Å². The molecule has 0 unspecified atom stereocenters. The molecule has 1 saturated carbocycles. The summed E-state index contributed by atoms with van der Waals surface area (Å²) in [5.41, 5.74) is 0.286. The van der Waals surface area contributed by atoms with E-state index in [0.717, 1.165) is 18.6 Å². The van der Waals surface area contributed by atoms with E-state index in [1.165, 1.54) is 7.11 Å². The zero-order valence-corrected chi connectivity index (χ0v) is 16.4. The number of ether oxygens (including phenoxy) is 1. The number of nitrogens with one attached hydrogen (secondary N) is 1. The normalized spacial score (nSPS) is 24.4. The average Bonchev–Trinajstić information content (AvgIpc) is 3.36. The van der Waals surface area contributed by atoms with Crippen LogP contribution in [0.25, 0.3) is 0 Å². The Bertz CT molecular complexity index is 690. The molecule has 1 aromatic heterocycles. The van der Waals surface area contributed by atoms with E-state index < -0.39 is 16.7 Å². The molecular weight excluding hydrogens is 374 g/mol. The number of hydrogen-bond donors (Lipinski definition) is 3. The van der Waals surface area contributed by atoms with Crippen molar-refractivity contribution in [1.29, 1.82) is 0 Å². The van der Waals surface area contributed by atoms with Crippen LogP contribution in [0, 0.1) is 0 Å². The lowest BCUT2D eigenvalue weighted by Crippen LogP contribution is -2.50. The second-order valence-electron chi connectivity index (χ2n) is 7.24. The van der Waals surface area contributed by atoms with Gasteiger partial charge in [0.1, 0.15) is 5.76 Å². The number of nitrogens with zero attached hydrogens (tertiary/aromatic N) is 2. The Kier molecular flexibility index (Phi) is 6.09. The molecule has 1 aromatic rings. The van der Waals surface area contributed by atoms with Crippen molar-refractivity contribution in [1.82, 2.24) is 14.8 Å². The first kappa shape index (κ1) is 20.1. The lowest BCUT2D eigenvalue weighted by molar-refractivity contribution is -0.140. The zero-order chi connectivity index (χ0) is 19.6. The Balaban J connectivity index is 1.51. The van der Waals surface area contributed by atoms with E-state index >= 15 is 0 Å². The SMILES string of the molecule is COC(=O)CCS(O)(O)N1CC[C@@H](NC(=O)c2cc(C3CC3)on2)C[C@@H]1C. The van der Waals surface area contributed by atoms with Crippen LogP contribution < -0.4 is 5.32 Å². The van der Waals surface area contributed by atoms with Gasteiger partial charge in [-0.2, -0.15) is 0 Å². The maximum atomic E-state index is 12.4. The molecule has 0 spiro atoms. The van der Waals surface area contributed by atoms with Crippen molar-refractivity contribution in [3.63, 3.8) is 0 Å². The summed E-state index contributed by atoms with van der Waals surface area (Å²) in [6.07, 6.45) is 3.27. The van der Waals surface area contributed by atoms with Crippen LogP contribution in [-0.4, -0.2) is 61.9 Å². The van der Waals surface area contributed by atoms with E-state index in [9.17, 15) is 18.7 Å². The molecule has 2 aliphatic rings. The molecule has 1 aliphatic heterocycles. The maximum Gasteiger partial charge on any atom is 0.307 e. The highest BCUT2D eigenvalue weighted by molar-refractivity contribution is 8.22. The molecule has 2 heterocycles. The van der Waals surface area contributed by atoms with Gasteiger partial charge in [0.25, 0.3) is 5.91 Å². The van der Waals surface area contributed by atoms with E-state index in [4.69, 9.17) is 4.52 Å². The van der Waals surface area contributed by atoms with Crippen molar-refractivity contribution >= 4 is 22.7 Å². The number of methoxy groups -OCH3 is 1. The van der Waals surface area contributed by atoms with Crippen molar-refractivity contribution in [3.05, 3.63) is 17.5 Å². The molecule has 10 heteroatoms. The van der Waals surface area contributed by atoms with Crippen LogP contribution in [0.5, 0.6) is 0 Å². The average molecular weight is 401 g/mol. The monoisotopic (exact) mass is 401 g/mol. The van der Waals surface area contributed by atoms with Gasteiger partial charge in [-0.25, -0.2) is 4.31 Å². The Morgan fingerprint density at radius 2 is 2.15 bits per heavy atom. The Hall–Kier alpha value is -1.62. The Morgan fingerprint density at radius 3 is 2.78 bits per heavy atom. The standard InChI is InChI=1S/C17H27N3O6S/c1-11-9-13(5-7-20(11)27(23,24)8-6-16(21)25-2)18-17(22)14-10-15(26-19-14)12-3-4-12/h10-13,23-24H,3-9H2,1-2H3,(H,18,22)/t11-,13+/m0/s1. The summed E-state index contributed by atoms with van der Waals surface area (Å²) in [4.78, 5) is 23.6. The largest absolute Gasteiger partial charge is 0.469 e. The van der Waals surface area contributed by atoms with E-state index in [2.05, 4.69) is 15.2 Å². The Labute approximate surface area is 159 Å². The van der Waals surface area contributed by atoms with Gasteiger partial charge in [0.05, 0.1) is 19.3 Å². The molecule has 0 aromatic carbocycles. The van der Waals surface area contributed by atoms with Gasteiger partial charge in [-0.1, -0.05) is 5.16 Å². The molecule has 152 valence electrons. The third kappa shape index (κ3) is 5.01. The molecule has 27 heavy (non-hydrogen) atoms. The summed E-state index contributed by atoms with van der Waals surface area (Å²) in [6.45, 7) is 2.30. The summed E-state index contributed by atoms with van der Waals surface area (Å²) in [5, 5.41) is 6.80. The molecule has 1 saturated heterocycles. The van der Waals surface area contributed by atoms with Crippen LogP contribution in [0.3, 0.4) is 0 Å². The number of hydrogen-bond acceptors (Lipinski definition) is 8. The summed E-state index contributed by atoms with van der Waals surface area (Å²) in [6, 6.07) is 1.47. The van der Waals surface area contributed by atoms with Gasteiger partial charge in [0, 0.05) is 30.6 Å². The number of carbonyl (C=O) groups excluding carboxylic acids is 2. The quantitative estimate of drug-likeness (QED) is 0.595. The van der Waals surface area contributed by atoms with Gasteiger partial charge in [0.2, 0.25) is 0 Å². The van der Waals surface area contributed by atoms with Crippen LogP contribution in [0.15, 0.2) is 10.6 Å². The third-order valence-electron chi connectivity index (χ3n) is 5.07. The van der Waals surface area contributed by atoms with Gasteiger partial charge in [0.15, 0.2) is 5.69 Å². The smallest absolute Gasteiger partial charge is 0.307 e. The topological polar surface area (TPSA) is 125 Å². The number of amides is 1. The number of piperidine rings is 1. The molecule has 0 bridgehead atoms. The second-order valence-corrected chi connectivity index (χ2v) is 9.38. The van der Waals surface area contributed by atoms with Gasteiger partial charge in [-0.3, -0.25) is 18.7 Å². The molecule has 3 rings (SSSR count). The first-order valence-corrected chi connectivity index (χ1v) is 10.8. The van der Waals surface area contributed by atoms with E-state index in [0.29, 0.717) is 25.3 Å². The predicted molar refractivity (Wildman–Crippen MR) is 99.5 cm³/mol. The lowest BCUT2D eigenvalue weighted by atomic mass is 10.0. The van der Waals surface area contributed by atoms with Gasteiger partial charge >= 0.3 is 5.97 Å². The molecule has 1 amide bonds. The molecular formula is C17H27N3O6S. The molecule has 0 radical (unpaired) electrons. The third-order valence-corrected chi connectivity index (χ3v) is 7.12. The van der Waals surface area contributed by atoms with Crippen LogP contribution in [0.4, 0.5) is 0 Å². The van der Waals surface area contributed by atoms with E-state index in [1.807, 2.05) is 6.92 Å². The van der Waals surface area contributed by atoms with Crippen molar-refractivity contribution in [2.75, 3.05) is 19.4 Å². The number of carbonyl (C=O) groups is 2. The molecule has 9 nitrogen and oxygen atoms in total. The number of rotatable bonds is 7. The fraction of sp³-hybridized carbons (Fsp3) is 0.706. The van der Waals surface area contributed by atoms with Crippen LogP contribution in [0.1, 0.15) is 61.2 Å². The summed E-state index contributed by atoms with van der Waals surface area (Å²) < 4.78 is 32.2. The predicted octanol–water partition coefficient (Wildman–Crippen LogP) is 2.36. The van der Waals surface area contributed by atoms with Crippen molar-refractivity contribution < 1.29 is 28.0 Å². The first-order chi connectivity index (χ1) is 12.8. The minimum Gasteiger partial charge on any atom is -0.469 e. The summed E-state index contributed by atoms with van der Waals surface area (Å²) >= 11 is 0. The maximum absolute atomic E-state index is 12.4. The van der Waals surface area contributed by atoms with Gasteiger partial charge in [-0.15, -0.1) is 10.8 Å². The fourth-order valence-corrected chi connectivity index (χ4v) is 5.11. The minimum atomic E-state index is -3.05. The molecule has 2 fully saturated rings. The highest BCUT2D eigenvalue weighted by Gasteiger charge is 2.35. The zero-order valence-electron chi connectivity index (χ0n) is 15.6. The lowest BCUT2D eigenvalue weighted by Gasteiger charge is -2.49. The minimum absolute atomic E-state index is 0.0439. The van der Waals surface area contributed by atoms with Gasteiger partial charge < -0.3 is 14.6 Å². The van der Waals surface area contributed by atoms with Crippen LogP contribution in [0.2, 0.25) is 0 Å². The fourth-order valence-electron chi connectivity index (χ4n) is 3.37. The summed E-state index contributed by atoms with van der Waals surface area (Å²) in [7, 11) is -1.78. The summed E-state index contributed by atoms with van der Waals surface area (Å²) in [5.74, 6) is 0.376. The number of aromatic nitrogens is 1. The molecule has 1 aliphatic carbocycles. The van der Waals surface area contributed by atoms with Crippen molar-refractivity contribution in [3.8, 4) is 0 Å². The van der Waals surface area contributed by atoms with Crippen molar-refractivity contribution in [2.45, 2.75) is 57.0 Å². The highest BCUT2D eigenvalue weighted by atomic mass is 32.3. The highest BCUT2D eigenvalue weighted by Crippen LogP contribution is 2.47. The van der Waals surface area contributed by atoms with Gasteiger partial charge in [-0.05, 0) is 32.6 Å². The molecule has 2 atom stereocenters. The van der Waals surface area contributed by atoms with E-state index in [-0.39, 0.29) is 35.9 Å². The van der Waals surface area contributed by atoms with Crippen molar-refractivity contribution in [2.24, 2.45) is 0 Å².